The van der Waals surface area contributed by atoms with Gasteiger partial charge in [-0.2, -0.15) is 5.10 Å². The van der Waals surface area contributed by atoms with Crippen LogP contribution in [0.15, 0.2) is 10.7 Å². The van der Waals surface area contributed by atoms with Crippen LogP contribution in [-0.4, -0.2) is 22.9 Å². The van der Waals surface area contributed by atoms with E-state index in [4.69, 9.17) is 0 Å². The molecule has 21 heavy (non-hydrogen) atoms. The molecule has 1 heterocycles. The first-order valence-corrected chi connectivity index (χ1v) is 9.38. The van der Waals surface area contributed by atoms with Gasteiger partial charge in [0, 0.05) is 12.0 Å². The molecule has 1 aromatic rings. The molecule has 2 rings (SSSR count). The molecule has 1 fully saturated rings. The molecule has 1 aliphatic rings. The van der Waals surface area contributed by atoms with Gasteiger partial charge in [0.2, 0.25) is 0 Å². The zero-order valence-electron chi connectivity index (χ0n) is 13.7. The average molecular weight is 356 g/mol. The Labute approximate surface area is 138 Å². The van der Waals surface area contributed by atoms with Crippen LogP contribution in [0, 0.1) is 5.92 Å². The van der Waals surface area contributed by atoms with Gasteiger partial charge in [0.05, 0.1) is 16.4 Å². The summed E-state index contributed by atoms with van der Waals surface area (Å²) in [6.07, 6.45) is 9.95. The van der Waals surface area contributed by atoms with E-state index >= 15 is 0 Å². The van der Waals surface area contributed by atoms with Gasteiger partial charge >= 0.3 is 0 Å². The van der Waals surface area contributed by atoms with Crippen LogP contribution in [0.25, 0.3) is 0 Å². The van der Waals surface area contributed by atoms with E-state index in [1.807, 2.05) is 6.20 Å². The molecule has 120 valence electrons. The Kier molecular flexibility index (Phi) is 6.74. The summed E-state index contributed by atoms with van der Waals surface area (Å²) in [7, 11) is 0. The number of hydrogen-bond donors (Lipinski definition) is 1. The predicted octanol–water partition coefficient (Wildman–Crippen LogP) is 4.89. The van der Waals surface area contributed by atoms with E-state index in [0.717, 1.165) is 19.0 Å². The van der Waals surface area contributed by atoms with E-state index in [-0.39, 0.29) is 0 Å². The van der Waals surface area contributed by atoms with Gasteiger partial charge in [-0.25, -0.2) is 0 Å². The van der Waals surface area contributed by atoms with Gasteiger partial charge in [-0.1, -0.05) is 26.2 Å². The molecular weight excluding hydrogens is 326 g/mol. The maximum atomic E-state index is 4.60. The second-order valence-corrected chi connectivity index (χ2v) is 7.48. The Hall–Kier alpha value is -0.350. The molecule has 1 aliphatic carbocycles. The predicted molar refractivity (Wildman–Crippen MR) is 92.8 cm³/mol. The number of aromatic nitrogens is 2. The fourth-order valence-corrected chi connectivity index (χ4v) is 4.13. The standard InChI is InChI=1S/C17H30BrN3/c1-4-10-19-11-14-8-6-5-7-9-15(14)17-16(18)12-20-21(17)13(2)3/h12-15,19H,4-11H2,1-3H3. The van der Waals surface area contributed by atoms with E-state index in [2.05, 4.69) is 51.8 Å². The molecule has 4 heteroatoms. The number of rotatable bonds is 6. The summed E-state index contributed by atoms with van der Waals surface area (Å²) in [6.45, 7) is 8.97. The highest BCUT2D eigenvalue weighted by Gasteiger charge is 2.29. The lowest BCUT2D eigenvalue weighted by molar-refractivity contribution is 0.349. The molecule has 2 atom stereocenters. The smallest absolute Gasteiger partial charge is 0.0635 e. The Balaban J connectivity index is 2.21. The maximum absolute atomic E-state index is 4.60. The lowest BCUT2D eigenvalue weighted by atomic mass is 9.85. The van der Waals surface area contributed by atoms with Crippen LogP contribution in [-0.2, 0) is 0 Å². The molecule has 0 amide bonds. The zero-order valence-corrected chi connectivity index (χ0v) is 15.3. The molecule has 0 aromatic carbocycles. The van der Waals surface area contributed by atoms with Gasteiger partial charge in [-0.15, -0.1) is 0 Å². The largest absolute Gasteiger partial charge is 0.316 e. The maximum Gasteiger partial charge on any atom is 0.0635 e. The van der Waals surface area contributed by atoms with E-state index in [1.165, 1.54) is 48.7 Å². The molecule has 0 radical (unpaired) electrons. The zero-order chi connectivity index (χ0) is 15.2. The molecule has 3 nitrogen and oxygen atoms in total. The van der Waals surface area contributed by atoms with Gasteiger partial charge in [0.25, 0.3) is 0 Å². The summed E-state index contributed by atoms with van der Waals surface area (Å²) in [6, 6.07) is 0.429. The van der Waals surface area contributed by atoms with Gasteiger partial charge in [0.15, 0.2) is 0 Å². The van der Waals surface area contributed by atoms with Crippen LogP contribution in [0.4, 0.5) is 0 Å². The molecule has 1 N–H and O–H groups in total. The summed E-state index contributed by atoms with van der Waals surface area (Å²) >= 11 is 3.75. The third-order valence-corrected chi connectivity index (χ3v) is 5.23. The van der Waals surface area contributed by atoms with Gasteiger partial charge in [-0.3, -0.25) is 4.68 Å². The highest BCUT2D eigenvalue weighted by Crippen LogP contribution is 2.40. The van der Waals surface area contributed by atoms with Gasteiger partial charge in [-0.05, 0) is 68.0 Å². The van der Waals surface area contributed by atoms with Crippen molar-refractivity contribution in [2.75, 3.05) is 13.1 Å². The minimum atomic E-state index is 0.429. The van der Waals surface area contributed by atoms with Crippen molar-refractivity contribution < 1.29 is 0 Å². The van der Waals surface area contributed by atoms with Crippen molar-refractivity contribution in [2.45, 2.75) is 71.3 Å². The van der Waals surface area contributed by atoms with Crippen LogP contribution in [0.3, 0.4) is 0 Å². The van der Waals surface area contributed by atoms with E-state index in [9.17, 15) is 0 Å². The summed E-state index contributed by atoms with van der Waals surface area (Å²) in [5, 5.41) is 8.25. The second kappa shape index (κ2) is 8.33. The number of halogens is 1. The highest BCUT2D eigenvalue weighted by molar-refractivity contribution is 9.10. The summed E-state index contributed by atoms with van der Waals surface area (Å²) < 4.78 is 3.43. The molecular formula is C17H30BrN3. The first kappa shape index (κ1) is 17.0. The third-order valence-electron chi connectivity index (χ3n) is 4.62. The summed E-state index contributed by atoms with van der Waals surface area (Å²) in [5.74, 6) is 1.38. The highest BCUT2D eigenvalue weighted by atomic mass is 79.9. The number of nitrogens with zero attached hydrogens (tertiary/aromatic N) is 2. The topological polar surface area (TPSA) is 29.9 Å². The fourth-order valence-electron chi connectivity index (χ4n) is 3.56. The van der Waals surface area contributed by atoms with Crippen LogP contribution in [0.5, 0.6) is 0 Å². The van der Waals surface area contributed by atoms with E-state index in [1.54, 1.807) is 0 Å². The molecule has 1 saturated carbocycles. The van der Waals surface area contributed by atoms with Crippen LogP contribution >= 0.6 is 15.9 Å². The minimum absolute atomic E-state index is 0.429. The van der Waals surface area contributed by atoms with Crippen LogP contribution < -0.4 is 5.32 Å². The Morgan fingerprint density at radius 2 is 2.10 bits per heavy atom. The quantitative estimate of drug-likeness (QED) is 0.581. The first-order valence-electron chi connectivity index (χ1n) is 8.58. The Bertz CT molecular complexity index is 428. The van der Waals surface area contributed by atoms with Crippen molar-refractivity contribution in [3.05, 3.63) is 16.4 Å². The number of hydrogen-bond acceptors (Lipinski definition) is 2. The molecule has 0 spiro atoms. The van der Waals surface area contributed by atoms with Crippen molar-refractivity contribution in [1.29, 1.82) is 0 Å². The van der Waals surface area contributed by atoms with E-state index < -0.39 is 0 Å². The molecule has 0 aliphatic heterocycles. The Morgan fingerprint density at radius 1 is 1.33 bits per heavy atom. The lowest BCUT2D eigenvalue weighted by Crippen LogP contribution is -2.29. The summed E-state index contributed by atoms with van der Waals surface area (Å²) in [4.78, 5) is 0. The van der Waals surface area contributed by atoms with Crippen molar-refractivity contribution in [2.24, 2.45) is 5.92 Å². The Morgan fingerprint density at radius 3 is 2.81 bits per heavy atom. The first-order chi connectivity index (χ1) is 10.1. The molecule has 0 bridgehead atoms. The lowest BCUT2D eigenvalue weighted by Gasteiger charge is -2.28. The minimum Gasteiger partial charge on any atom is -0.316 e. The summed E-state index contributed by atoms with van der Waals surface area (Å²) in [5.41, 5.74) is 1.43. The third kappa shape index (κ3) is 4.32. The van der Waals surface area contributed by atoms with Crippen molar-refractivity contribution in [3.8, 4) is 0 Å². The van der Waals surface area contributed by atoms with Gasteiger partial charge < -0.3 is 5.32 Å². The SMILES string of the molecule is CCCNCC1CCCCCC1c1c(Br)cnn1C(C)C. The molecule has 0 saturated heterocycles. The monoisotopic (exact) mass is 355 g/mol. The van der Waals surface area contributed by atoms with E-state index in [0.29, 0.717) is 12.0 Å². The molecule has 2 unspecified atom stereocenters. The fraction of sp³-hybridized carbons (Fsp3) is 0.824. The van der Waals surface area contributed by atoms with Gasteiger partial charge in [0.1, 0.15) is 0 Å². The van der Waals surface area contributed by atoms with Crippen molar-refractivity contribution in [3.63, 3.8) is 0 Å². The average Bonchev–Trinajstić information content (AvgIpc) is 2.69. The second-order valence-electron chi connectivity index (χ2n) is 6.62. The van der Waals surface area contributed by atoms with Crippen LogP contribution in [0.2, 0.25) is 0 Å². The van der Waals surface area contributed by atoms with Crippen molar-refractivity contribution in [1.82, 2.24) is 15.1 Å². The van der Waals surface area contributed by atoms with Crippen molar-refractivity contribution >= 4 is 15.9 Å². The normalized spacial score (nSPS) is 23.5. The molecule has 1 aromatic heterocycles. The van der Waals surface area contributed by atoms with Crippen LogP contribution in [0.1, 0.15) is 76.9 Å². The number of nitrogens with one attached hydrogen (secondary N) is 1.